The molecule has 0 saturated carbocycles. The summed E-state index contributed by atoms with van der Waals surface area (Å²) in [4.78, 5) is 0. The molecule has 0 aromatic carbocycles. The molecule has 0 aromatic heterocycles. The summed E-state index contributed by atoms with van der Waals surface area (Å²) in [6.07, 6.45) is -52.2. The van der Waals surface area contributed by atoms with Gasteiger partial charge in [-0.15, -0.1) is 0 Å². The Kier molecular flexibility index (Phi) is 17.8. The van der Waals surface area contributed by atoms with Gasteiger partial charge in [0, 0.05) is 0 Å². The maximum Gasteiger partial charge on any atom is 0.187 e. The van der Waals surface area contributed by atoms with Crippen molar-refractivity contribution in [2.24, 2.45) is 0 Å². The van der Waals surface area contributed by atoms with Gasteiger partial charge in [0.15, 0.2) is 37.7 Å². The highest BCUT2D eigenvalue weighted by Crippen LogP contribution is 2.35. The van der Waals surface area contributed by atoms with E-state index in [4.69, 9.17) is 52.1 Å². The van der Waals surface area contributed by atoms with Crippen LogP contribution in [0.15, 0.2) is 0 Å². The number of aliphatic hydroxyl groups excluding tert-OH is 18. The quantitative estimate of drug-likeness (QED) is 0.0769. The SMILES string of the molecule is OC[C@H]1O[C@@H](O[C@H]2[C@@H](O)[C@@H](O)[C@H](O[C@H]3[C@H](O)[C@@H](O)[C@H](O[C@H]4[C@H](O)[C@@H](O)[C@@H](O)O[C@@H]4CO)O[C@@H]3CO[C@H]3OC[C@@H](O)[C@H](O)[C@H]3O)O[C@@H]2CO[C@H]2OC[C@@H](O)[C@H](O)[C@H]2O)[C@H](O)[C@@H](O)[C@@H]1O. The Morgan fingerprint density at radius 2 is 0.683 bits per heavy atom. The zero-order valence-electron chi connectivity index (χ0n) is 32.9. The largest absolute Gasteiger partial charge is 0.394 e. The normalized spacial score (nSPS) is 53.6. The lowest BCUT2D eigenvalue weighted by molar-refractivity contribution is -0.393. The van der Waals surface area contributed by atoms with Crippen LogP contribution >= 0.6 is 0 Å². The number of hydrogen-bond donors (Lipinski definition) is 18. The van der Waals surface area contributed by atoms with Gasteiger partial charge >= 0.3 is 0 Å². The minimum Gasteiger partial charge on any atom is -0.394 e. The van der Waals surface area contributed by atoms with Crippen LogP contribution < -0.4 is 0 Å². The van der Waals surface area contributed by atoms with Gasteiger partial charge in [-0.25, -0.2) is 0 Å². The minimum absolute atomic E-state index is 0.513. The van der Waals surface area contributed by atoms with Crippen molar-refractivity contribution >= 4 is 0 Å². The molecule has 6 fully saturated rings. The molecule has 29 nitrogen and oxygen atoms in total. The van der Waals surface area contributed by atoms with E-state index < -0.39 is 212 Å². The topological polar surface area (TPSA) is 466 Å². The third-order valence-corrected chi connectivity index (χ3v) is 11.6. The molecule has 0 amide bonds. The van der Waals surface area contributed by atoms with E-state index in [0.717, 1.165) is 0 Å². The van der Waals surface area contributed by atoms with Gasteiger partial charge < -0.3 is 144 Å². The average Bonchev–Trinajstić information content (AvgIpc) is 3.26. The number of ether oxygens (including phenoxy) is 11. The lowest BCUT2D eigenvalue weighted by Crippen LogP contribution is -2.68. The van der Waals surface area contributed by atoms with Crippen LogP contribution in [0.2, 0.25) is 0 Å². The Balaban J connectivity index is 1.25. The van der Waals surface area contributed by atoms with Crippen molar-refractivity contribution in [3.05, 3.63) is 0 Å². The maximum absolute atomic E-state index is 11.5. The van der Waals surface area contributed by atoms with Gasteiger partial charge in [-0.05, 0) is 0 Å². The standard InChI is InChI=1S/C34H58O29/c35-1-9-15(41)16(42)23(49)32(58-9)62-27-11(5-55-30-21(47)13(39)7(37)3-53-30)60-34(25(51)19(27)45)63-28-12(6-56-31-22(48)14(40)8(38)4-54-31)59-33(24(50)18(28)44)61-26-10(2-36)57-29(52)20(46)17(26)43/h7-52H,1-6H2/t7-,8-,9-,10-,11-,12-,13+,14+,15-,16+,17-,18-,19+,20-,21-,22-,23-,24-,25-,26-,27-,28-,29+,30-,31-,32+,33+,34+/m1/s1. The molecule has 6 heterocycles. The first-order valence-corrected chi connectivity index (χ1v) is 19.9. The van der Waals surface area contributed by atoms with Crippen molar-refractivity contribution in [3.63, 3.8) is 0 Å². The molecule has 6 aliphatic heterocycles. The van der Waals surface area contributed by atoms with Crippen LogP contribution in [0.5, 0.6) is 0 Å². The van der Waals surface area contributed by atoms with E-state index in [1.54, 1.807) is 0 Å². The second-order valence-corrected chi connectivity index (χ2v) is 15.9. The molecule has 368 valence electrons. The van der Waals surface area contributed by atoms with Crippen LogP contribution in [0.4, 0.5) is 0 Å². The molecular weight excluding hydrogens is 872 g/mol. The molecule has 6 saturated heterocycles. The fourth-order valence-corrected chi connectivity index (χ4v) is 7.75. The molecule has 18 N–H and O–H groups in total. The summed E-state index contributed by atoms with van der Waals surface area (Å²) in [6.45, 7) is -4.44. The van der Waals surface area contributed by atoms with Crippen molar-refractivity contribution in [3.8, 4) is 0 Å². The van der Waals surface area contributed by atoms with Gasteiger partial charge in [0.2, 0.25) is 0 Å². The van der Waals surface area contributed by atoms with Gasteiger partial charge in [0.1, 0.15) is 134 Å². The van der Waals surface area contributed by atoms with Crippen LogP contribution in [0.3, 0.4) is 0 Å². The fraction of sp³-hybridized carbons (Fsp3) is 1.00. The van der Waals surface area contributed by atoms with E-state index in [1.165, 1.54) is 0 Å². The first-order valence-electron chi connectivity index (χ1n) is 19.9. The summed E-state index contributed by atoms with van der Waals surface area (Å²) >= 11 is 0. The van der Waals surface area contributed by atoms with E-state index in [1.807, 2.05) is 0 Å². The summed E-state index contributed by atoms with van der Waals surface area (Å²) in [5, 5.41) is 188. The molecule has 6 aliphatic rings. The van der Waals surface area contributed by atoms with E-state index in [9.17, 15) is 91.9 Å². The molecular formula is C34H58O29. The first kappa shape index (κ1) is 51.2. The second-order valence-electron chi connectivity index (χ2n) is 15.9. The van der Waals surface area contributed by atoms with Crippen molar-refractivity contribution in [1.82, 2.24) is 0 Å². The third-order valence-electron chi connectivity index (χ3n) is 11.6. The van der Waals surface area contributed by atoms with Crippen LogP contribution in [-0.2, 0) is 52.1 Å². The molecule has 28 atom stereocenters. The van der Waals surface area contributed by atoms with Crippen LogP contribution in [0.1, 0.15) is 0 Å². The molecule has 6 rings (SSSR count). The van der Waals surface area contributed by atoms with E-state index >= 15 is 0 Å². The van der Waals surface area contributed by atoms with Crippen molar-refractivity contribution in [1.29, 1.82) is 0 Å². The molecule has 0 unspecified atom stereocenters. The summed E-state index contributed by atoms with van der Waals surface area (Å²) in [5.74, 6) is 0. The van der Waals surface area contributed by atoms with Crippen LogP contribution in [0.25, 0.3) is 0 Å². The highest BCUT2D eigenvalue weighted by molar-refractivity contribution is 4.98. The second kappa shape index (κ2) is 21.9. The minimum atomic E-state index is -2.22. The first-order chi connectivity index (χ1) is 29.8. The summed E-state index contributed by atoms with van der Waals surface area (Å²) in [6, 6.07) is 0. The van der Waals surface area contributed by atoms with Crippen molar-refractivity contribution < 1.29 is 144 Å². The molecule has 0 radical (unpaired) electrons. The van der Waals surface area contributed by atoms with Crippen LogP contribution in [0, 0.1) is 0 Å². The Hall–Kier alpha value is -1.16. The fourth-order valence-electron chi connectivity index (χ4n) is 7.75. The Morgan fingerprint density at radius 3 is 1.10 bits per heavy atom. The van der Waals surface area contributed by atoms with Gasteiger partial charge in [-0.1, -0.05) is 0 Å². The highest BCUT2D eigenvalue weighted by atomic mass is 16.8. The zero-order valence-corrected chi connectivity index (χ0v) is 32.9. The maximum atomic E-state index is 11.5. The molecule has 0 bridgehead atoms. The van der Waals surface area contributed by atoms with Gasteiger partial charge in [-0.2, -0.15) is 0 Å². The average molecular weight is 931 g/mol. The van der Waals surface area contributed by atoms with E-state index in [-0.39, 0.29) is 0 Å². The van der Waals surface area contributed by atoms with E-state index in [2.05, 4.69) is 0 Å². The highest BCUT2D eigenvalue weighted by Gasteiger charge is 2.56. The monoisotopic (exact) mass is 930 g/mol. The summed E-state index contributed by atoms with van der Waals surface area (Å²) < 4.78 is 61.2. The predicted octanol–water partition coefficient (Wildman–Crippen LogP) is -12.8. The number of aliphatic hydroxyl groups is 18. The van der Waals surface area contributed by atoms with Crippen molar-refractivity contribution in [2.45, 2.75) is 172 Å². The molecule has 63 heavy (non-hydrogen) atoms. The Morgan fingerprint density at radius 1 is 0.333 bits per heavy atom. The lowest BCUT2D eigenvalue weighted by Gasteiger charge is -2.49. The molecule has 0 aromatic rings. The Labute approximate surface area is 355 Å². The molecule has 0 spiro atoms. The summed E-state index contributed by atoms with van der Waals surface area (Å²) in [5.41, 5.74) is 0. The third kappa shape index (κ3) is 10.9. The van der Waals surface area contributed by atoms with Gasteiger partial charge in [0.25, 0.3) is 0 Å². The van der Waals surface area contributed by atoms with Gasteiger partial charge in [0.05, 0.1) is 39.6 Å². The lowest BCUT2D eigenvalue weighted by atomic mass is 9.95. The van der Waals surface area contributed by atoms with Crippen molar-refractivity contribution in [2.75, 3.05) is 39.6 Å². The Bertz CT molecular complexity index is 1400. The molecule has 0 aliphatic carbocycles. The van der Waals surface area contributed by atoms with E-state index in [0.29, 0.717) is 0 Å². The smallest absolute Gasteiger partial charge is 0.187 e. The van der Waals surface area contributed by atoms with Gasteiger partial charge in [-0.3, -0.25) is 0 Å². The van der Waals surface area contributed by atoms with Crippen LogP contribution in [-0.4, -0.2) is 304 Å². The predicted molar refractivity (Wildman–Crippen MR) is 187 cm³/mol. The number of hydrogen-bond acceptors (Lipinski definition) is 29. The summed E-state index contributed by atoms with van der Waals surface area (Å²) in [7, 11) is 0. The molecule has 29 heteroatoms. The number of rotatable bonds is 14. The zero-order chi connectivity index (χ0) is 46.2.